The lowest BCUT2D eigenvalue weighted by Gasteiger charge is -2.24. The van der Waals surface area contributed by atoms with Gasteiger partial charge in [-0.2, -0.15) is 0 Å². The smallest absolute Gasteiger partial charge is 0.260 e. The molecule has 0 bridgehead atoms. The van der Waals surface area contributed by atoms with E-state index >= 15 is 0 Å². The molecule has 0 saturated carbocycles. The molecule has 0 atom stereocenters. The van der Waals surface area contributed by atoms with Crippen LogP contribution in [0.4, 0.5) is 0 Å². The van der Waals surface area contributed by atoms with Gasteiger partial charge in [0.25, 0.3) is 5.91 Å². The summed E-state index contributed by atoms with van der Waals surface area (Å²) >= 11 is 1.56. The molecule has 3 nitrogen and oxygen atoms in total. The lowest BCUT2D eigenvalue weighted by Crippen LogP contribution is -2.18. The second-order valence-corrected chi connectivity index (χ2v) is 8.18. The Morgan fingerprint density at radius 3 is 2.41 bits per heavy atom. The molecule has 1 N–H and O–H groups in total. The Labute approximate surface area is 137 Å². The lowest BCUT2D eigenvalue weighted by atomic mass is 9.82. The first-order valence-corrected chi connectivity index (χ1v) is 8.57. The van der Waals surface area contributed by atoms with Crippen LogP contribution in [0.15, 0.2) is 17.0 Å². The van der Waals surface area contributed by atoms with E-state index in [9.17, 15) is 9.90 Å². The monoisotopic (exact) mass is 319 g/mol. The number of benzene rings is 1. The summed E-state index contributed by atoms with van der Waals surface area (Å²) < 4.78 is 0. The minimum atomic E-state index is -0.147. The van der Waals surface area contributed by atoms with Crippen molar-refractivity contribution in [2.45, 2.75) is 46.0 Å². The van der Waals surface area contributed by atoms with Crippen molar-refractivity contribution in [2.75, 3.05) is 12.9 Å². The highest BCUT2D eigenvalue weighted by molar-refractivity contribution is 8.04. The molecule has 1 aromatic carbocycles. The number of carbonyl (C=O) groups is 1. The molecule has 1 aromatic rings. The zero-order valence-corrected chi connectivity index (χ0v) is 15.0. The molecule has 1 saturated heterocycles. The Hall–Kier alpha value is -1.42. The van der Waals surface area contributed by atoms with Crippen molar-refractivity contribution in [3.63, 3.8) is 0 Å². The maximum Gasteiger partial charge on any atom is 0.260 e. The van der Waals surface area contributed by atoms with E-state index in [2.05, 4.69) is 34.6 Å². The number of hydrogen-bond donors (Lipinski definition) is 1. The fraction of sp³-hybridized carbons (Fsp3) is 0.500. The van der Waals surface area contributed by atoms with Crippen molar-refractivity contribution in [3.8, 4) is 5.75 Å². The van der Waals surface area contributed by atoms with E-state index < -0.39 is 0 Å². The van der Waals surface area contributed by atoms with E-state index in [1.165, 1.54) is 0 Å². The van der Waals surface area contributed by atoms with E-state index in [1.807, 2.05) is 25.3 Å². The molecule has 0 radical (unpaired) electrons. The van der Waals surface area contributed by atoms with E-state index in [0.717, 1.165) is 21.6 Å². The van der Waals surface area contributed by atoms with Gasteiger partial charge in [-0.05, 0) is 40.7 Å². The number of carbonyl (C=O) groups excluding carboxylic acids is 1. The summed E-state index contributed by atoms with van der Waals surface area (Å²) in [4.78, 5) is 14.5. The van der Waals surface area contributed by atoms with E-state index in [-0.39, 0.29) is 17.2 Å². The zero-order valence-electron chi connectivity index (χ0n) is 14.2. The number of thioether (sulfide) groups is 1. The van der Waals surface area contributed by atoms with E-state index in [1.54, 1.807) is 16.7 Å². The molecule has 0 unspecified atom stereocenters. The number of phenolic OH excluding ortho intramolecular Hbond substituents is 1. The first kappa shape index (κ1) is 16.9. The van der Waals surface area contributed by atoms with Crippen molar-refractivity contribution in [1.82, 2.24) is 4.90 Å². The SMILES string of the molecule is CC(C)c1cc(/C=C2/SCN(C)C2=O)cc(C(C)(C)C)c1O. The Morgan fingerprint density at radius 2 is 1.95 bits per heavy atom. The van der Waals surface area contributed by atoms with Crippen molar-refractivity contribution in [2.24, 2.45) is 0 Å². The Bertz CT molecular complexity index is 627. The van der Waals surface area contributed by atoms with E-state index in [0.29, 0.717) is 11.6 Å². The summed E-state index contributed by atoms with van der Waals surface area (Å²) in [5, 5.41) is 10.6. The van der Waals surface area contributed by atoms with Gasteiger partial charge in [0.2, 0.25) is 0 Å². The van der Waals surface area contributed by atoms with E-state index in [4.69, 9.17) is 0 Å². The third kappa shape index (κ3) is 3.32. The number of phenols is 1. The summed E-state index contributed by atoms with van der Waals surface area (Å²) in [6.07, 6.45) is 1.94. The predicted molar refractivity (Wildman–Crippen MR) is 94.1 cm³/mol. The molecular formula is C18H25NO2S. The van der Waals surface area contributed by atoms with Crippen molar-refractivity contribution < 1.29 is 9.90 Å². The highest BCUT2D eigenvalue weighted by Gasteiger charge is 2.25. The molecule has 0 spiro atoms. The van der Waals surface area contributed by atoms with Gasteiger partial charge in [0.05, 0.1) is 10.8 Å². The Morgan fingerprint density at radius 1 is 1.32 bits per heavy atom. The number of nitrogens with zero attached hydrogens (tertiary/aromatic N) is 1. The third-order valence-electron chi connectivity index (χ3n) is 3.86. The summed E-state index contributed by atoms with van der Waals surface area (Å²) in [7, 11) is 1.81. The maximum absolute atomic E-state index is 12.1. The molecule has 1 heterocycles. The second kappa shape index (κ2) is 5.99. The van der Waals surface area contributed by atoms with Crippen molar-refractivity contribution in [3.05, 3.63) is 33.7 Å². The predicted octanol–water partition coefficient (Wildman–Crippen LogP) is 4.32. The average molecular weight is 319 g/mol. The number of hydrogen-bond acceptors (Lipinski definition) is 3. The topological polar surface area (TPSA) is 40.5 Å². The third-order valence-corrected chi connectivity index (χ3v) is 4.98. The van der Waals surface area contributed by atoms with Crippen LogP contribution in [0.5, 0.6) is 5.75 Å². The van der Waals surface area contributed by atoms with Crippen LogP contribution in [0.25, 0.3) is 6.08 Å². The quantitative estimate of drug-likeness (QED) is 0.826. The minimum absolute atomic E-state index is 0.0708. The van der Waals surface area contributed by atoms with Gasteiger partial charge in [-0.3, -0.25) is 4.79 Å². The number of amides is 1. The molecule has 22 heavy (non-hydrogen) atoms. The highest BCUT2D eigenvalue weighted by Crippen LogP contribution is 2.39. The summed E-state index contributed by atoms with van der Waals surface area (Å²) in [5.41, 5.74) is 2.70. The van der Waals surface area contributed by atoms with Gasteiger partial charge in [0.15, 0.2) is 0 Å². The summed E-state index contributed by atoms with van der Waals surface area (Å²) in [6, 6.07) is 3.99. The van der Waals surface area contributed by atoms with Crippen LogP contribution in [0.2, 0.25) is 0 Å². The molecule has 2 rings (SSSR count). The fourth-order valence-corrected chi connectivity index (χ4v) is 3.45. The molecule has 0 aliphatic carbocycles. The van der Waals surface area contributed by atoms with Crippen LogP contribution in [-0.4, -0.2) is 28.8 Å². The van der Waals surface area contributed by atoms with Crippen molar-refractivity contribution >= 4 is 23.7 Å². The largest absolute Gasteiger partial charge is 0.507 e. The Balaban J connectivity index is 2.56. The van der Waals surface area contributed by atoms with Crippen molar-refractivity contribution in [1.29, 1.82) is 0 Å². The highest BCUT2D eigenvalue weighted by atomic mass is 32.2. The zero-order chi connectivity index (χ0) is 16.7. The van der Waals surface area contributed by atoms with Gasteiger partial charge < -0.3 is 10.0 Å². The number of aromatic hydroxyl groups is 1. The normalized spacial score (nSPS) is 17.9. The molecule has 1 aliphatic rings. The van der Waals surface area contributed by atoms with Crippen LogP contribution < -0.4 is 0 Å². The molecule has 1 fully saturated rings. The first-order valence-electron chi connectivity index (χ1n) is 7.58. The molecular weight excluding hydrogens is 294 g/mol. The molecule has 120 valence electrons. The van der Waals surface area contributed by atoms with Gasteiger partial charge in [-0.1, -0.05) is 46.4 Å². The molecule has 1 aliphatic heterocycles. The summed E-state index contributed by atoms with van der Waals surface area (Å²) in [6.45, 7) is 10.4. The number of rotatable bonds is 2. The molecule has 1 amide bonds. The van der Waals surface area contributed by atoms with Crippen LogP contribution in [-0.2, 0) is 10.2 Å². The Kier molecular flexibility index (Phi) is 4.62. The lowest BCUT2D eigenvalue weighted by molar-refractivity contribution is -0.123. The van der Waals surface area contributed by atoms with Gasteiger partial charge in [0.1, 0.15) is 5.75 Å². The van der Waals surface area contributed by atoms with Gasteiger partial charge >= 0.3 is 0 Å². The van der Waals surface area contributed by atoms with Crippen LogP contribution in [0.1, 0.15) is 57.2 Å². The second-order valence-electron chi connectivity index (χ2n) is 7.20. The van der Waals surface area contributed by atoms with Crippen LogP contribution in [0.3, 0.4) is 0 Å². The first-order chi connectivity index (χ1) is 10.1. The van der Waals surface area contributed by atoms with Gasteiger partial charge in [-0.25, -0.2) is 0 Å². The summed E-state index contributed by atoms with van der Waals surface area (Å²) in [5.74, 6) is 1.38. The number of likely N-dealkylation sites (N-methyl/N-ethyl adjacent to an activating group) is 1. The molecule has 4 heteroatoms. The van der Waals surface area contributed by atoms with Gasteiger partial charge in [-0.15, -0.1) is 0 Å². The molecule has 0 aromatic heterocycles. The minimum Gasteiger partial charge on any atom is -0.507 e. The van der Waals surface area contributed by atoms with Gasteiger partial charge in [0, 0.05) is 12.6 Å². The van der Waals surface area contributed by atoms with Crippen LogP contribution in [0, 0.1) is 0 Å². The standard InChI is InChI=1S/C18H25NO2S/c1-11(2)13-7-12(8-14(16(13)20)18(3,4)5)9-15-17(21)19(6)10-22-15/h7-9,11,20H,10H2,1-6H3/b15-9+. The van der Waals surface area contributed by atoms with Crippen LogP contribution >= 0.6 is 11.8 Å². The fourth-order valence-electron chi connectivity index (χ4n) is 2.50. The average Bonchev–Trinajstić information content (AvgIpc) is 2.71. The maximum atomic E-state index is 12.1.